The zero-order chi connectivity index (χ0) is 20.5. The number of non-ortho nitro benzene ring substituents is 1. The largest absolute Gasteiger partial charge is 0.383 e. The van der Waals surface area contributed by atoms with Crippen molar-refractivity contribution < 1.29 is 19.2 Å². The number of hydrogen-bond acceptors (Lipinski definition) is 6. The molecule has 2 aromatic rings. The zero-order valence-electron chi connectivity index (χ0n) is 14.9. The van der Waals surface area contributed by atoms with E-state index in [9.17, 15) is 19.7 Å². The van der Waals surface area contributed by atoms with Crippen molar-refractivity contribution >= 4 is 40.5 Å². The van der Waals surface area contributed by atoms with Crippen molar-refractivity contribution in [1.82, 2.24) is 10.6 Å². The van der Waals surface area contributed by atoms with Crippen LogP contribution in [0.15, 0.2) is 48.5 Å². The number of para-hydroxylation sites is 1. The van der Waals surface area contributed by atoms with Crippen molar-refractivity contribution in [1.29, 1.82) is 0 Å². The molecule has 0 unspecified atom stereocenters. The lowest BCUT2D eigenvalue weighted by atomic mass is 10.1. The minimum absolute atomic E-state index is 0.0134. The van der Waals surface area contributed by atoms with Crippen LogP contribution in [0.1, 0.15) is 20.7 Å². The molecule has 0 radical (unpaired) electrons. The lowest BCUT2D eigenvalue weighted by Crippen LogP contribution is -2.35. The van der Waals surface area contributed by atoms with Gasteiger partial charge in [0.15, 0.2) is 5.11 Å². The van der Waals surface area contributed by atoms with Gasteiger partial charge >= 0.3 is 0 Å². The standard InChI is InChI=1S/C18H18N4O5S/c1-27-11-10-19-17(24)14-4-2-3-5-15(14)20-18(28)21-16(23)12-6-8-13(9-7-12)22(25)26/h2-9H,10-11H2,1H3,(H,19,24)(H2,20,21,23,28). The number of carbonyl (C=O) groups is 2. The van der Waals surface area contributed by atoms with Gasteiger partial charge in [-0.25, -0.2) is 0 Å². The summed E-state index contributed by atoms with van der Waals surface area (Å²) in [5.41, 5.74) is 0.864. The minimum atomic E-state index is -0.553. The van der Waals surface area contributed by atoms with E-state index in [2.05, 4.69) is 16.0 Å². The number of anilines is 1. The lowest BCUT2D eigenvalue weighted by molar-refractivity contribution is -0.384. The van der Waals surface area contributed by atoms with Crippen LogP contribution in [0.2, 0.25) is 0 Å². The molecule has 0 spiro atoms. The zero-order valence-corrected chi connectivity index (χ0v) is 15.7. The molecule has 3 N–H and O–H groups in total. The molecule has 0 aliphatic rings. The molecule has 0 aliphatic carbocycles. The van der Waals surface area contributed by atoms with Gasteiger partial charge in [-0.2, -0.15) is 0 Å². The molecule has 2 aromatic carbocycles. The van der Waals surface area contributed by atoms with Crippen molar-refractivity contribution in [3.63, 3.8) is 0 Å². The fourth-order valence-electron chi connectivity index (χ4n) is 2.22. The molecule has 0 saturated heterocycles. The summed E-state index contributed by atoms with van der Waals surface area (Å²) in [6, 6.07) is 11.8. The molecular formula is C18H18N4O5S. The third-order valence-corrected chi connectivity index (χ3v) is 3.78. The number of hydrogen-bond donors (Lipinski definition) is 3. The topological polar surface area (TPSA) is 123 Å². The molecule has 0 saturated carbocycles. The van der Waals surface area contributed by atoms with E-state index >= 15 is 0 Å². The van der Waals surface area contributed by atoms with Crippen LogP contribution >= 0.6 is 12.2 Å². The number of nitrogens with one attached hydrogen (secondary N) is 3. The molecule has 28 heavy (non-hydrogen) atoms. The maximum absolute atomic E-state index is 12.3. The van der Waals surface area contributed by atoms with Crippen molar-refractivity contribution in [2.24, 2.45) is 0 Å². The van der Waals surface area contributed by atoms with Crippen LogP contribution in [-0.4, -0.2) is 42.1 Å². The summed E-state index contributed by atoms with van der Waals surface area (Å²) in [6.07, 6.45) is 0. The van der Waals surface area contributed by atoms with Gasteiger partial charge in [0.05, 0.1) is 22.8 Å². The van der Waals surface area contributed by atoms with E-state index in [1.807, 2.05) is 0 Å². The van der Waals surface area contributed by atoms with E-state index in [0.717, 1.165) is 0 Å². The van der Waals surface area contributed by atoms with E-state index in [1.54, 1.807) is 24.3 Å². The predicted molar refractivity (Wildman–Crippen MR) is 107 cm³/mol. The number of nitro benzene ring substituents is 1. The monoisotopic (exact) mass is 402 g/mol. The third-order valence-electron chi connectivity index (χ3n) is 3.58. The molecule has 2 rings (SSSR count). The Morgan fingerprint density at radius 2 is 1.79 bits per heavy atom. The average Bonchev–Trinajstić information content (AvgIpc) is 2.68. The van der Waals surface area contributed by atoms with Crippen molar-refractivity contribution in [3.05, 3.63) is 69.8 Å². The van der Waals surface area contributed by atoms with Gasteiger partial charge in [0.2, 0.25) is 0 Å². The smallest absolute Gasteiger partial charge is 0.269 e. The summed E-state index contributed by atoms with van der Waals surface area (Å²) in [5.74, 6) is -0.848. The Labute approximate surface area is 166 Å². The molecule has 0 fully saturated rings. The Bertz CT molecular complexity index is 886. The van der Waals surface area contributed by atoms with Crippen molar-refractivity contribution in [2.45, 2.75) is 0 Å². The van der Waals surface area contributed by atoms with E-state index < -0.39 is 10.8 Å². The number of nitro groups is 1. The van der Waals surface area contributed by atoms with Gasteiger partial charge in [0.25, 0.3) is 17.5 Å². The van der Waals surface area contributed by atoms with Gasteiger partial charge in [0.1, 0.15) is 0 Å². The molecule has 0 atom stereocenters. The Balaban J connectivity index is 2.01. The minimum Gasteiger partial charge on any atom is -0.383 e. The number of benzene rings is 2. The third kappa shape index (κ3) is 5.83. The first kappa shape index (κ1) is 20.9. The maximum Gasteiger partial charge on any atom is 0.269 e. The normalized spacial score (nSPS) is 10.0. The number of ether oxygens (including phenoxy) is 1. The Kier molecular flexibility index (Phi) is 7.55. The van der Waals surface area contributed by atoms with Crippen LogP contribution in [0, 0.1) is 10.1 Å². The van der Waals surface area contributed by atoms with Gasteiger partial charge < -0.3 is 15.4 Å². The second-order valence-electron chi connectivity index (χ2n) is 5.51. The van der Waals surface area contributed by atoms with E-state index in [0.29, 0.717) is 24.4 Å². The van der Waals surface area contributed by atoms with Crippen LogP contribution in [0.5, 0.6) is 0 Å². The number of thiocarbonyl (C=S) groups is 1. The first-order chi connectivity index (χ1) is 13.4. The number of rotatable bonds is 7. The Hall–Kier alpha value is -3.37. The molecule has 0 bridgehead atoms. The second-order valence-corrected chi connectivity index (χ2v) is 5.91. The van der Waals surface area contributed by atoms with Gasteiger partial charge in [-0.1, -0.05) is 12.1 Å². The number of carbonyl (C=O) groups excluding carboxylic acids is 2. The summed E-state index contributed by atoms with van der Waals surface area (Å²) in [7, 11) is 1.54. The van der Waals surface area contributed by atoms with Crippen LogP contribution in [0.3, 0.4) is 0 Å². The Morgan fingerprint density at radius 3 is 2.43 bits per heavy atom. The summed E-state index contributed by atoms with van der Waals surface area (Å²) in [5, 5.41) is 18.6. The fraction of sp³-hybridized carbons (Fsp3) is 0.167. The highest BCUT2D eigenvalue weighted by atomic mass is 32.1. The highest BCUT2D eigenvalue weighted by molar-refractivity contribution is 7.80. The van der Waals surface area contributed by atoms with Crippen LogP contribution in [0.25, 0.3) is 0 Å². The van der Waals surface area contributed by atoms with Crippen molar-refractivity contribution in [2.75, 3.05) is 25.6 Å². The highest BCUT2D eigenvalue weighted by Crippen LogP contribution is 2.15. The molecule has 0 aliphatic heterocycles. The summed E-state index contributed by atoms with van der Waals surface area (Å²) in [6.45, 7) is 0.732. The van der Waals surface area contributed by atoms with Gasteiger partial charge in [0, 0.05) is 31.4 Å². The molecule has 10 heteroatoms. The predicted octanol–water partition coefficient (Wildman–Crippen LogP) is 2.10. The molecule has 0 aromatic heterocycles. The number of nitrogens with zero attached hydrogens (tertiary/aromatic N) is 1. The number of amides is 2. The van der Waals surface area contributed by atoms with Gasteiger partial charge in [-0.15, -0.1) is 0 Å². The first-order valence-electron chi connectivity index (χ1n) is 8.15. The fourth-order valence-corrected chi connectivity index (χ4v) is 2.42. The van der Waals surface area contributed by atoms with E-state index in [1.165, 1.54) is 31.4 Å². The number of methoxy groups -OCH3 is 1. The van der Waals surface area contributed by atoms with Crippen molar-refractivity contribution in [3.8, 4) is 0 Å². The average molecular weight is 402 g/mol. The lowest BCUT2D eigenvalue weighted by Gasteiger charge is -2.13. The molecule has 146 valence electrons. The first-order valence-corrected chi connectivity index (χ1v) is 8.56. The SMILES string of the molecule is COCCNC(=O)c1ccccc1NC(=S)NC(=O)c1ccc([N+](=O)[O-])cc1. The summed E-state index contributed by atoms with van der Waals surface area (Å²) >= 11 is 5.13. The maximum atomic E-state index is 12.3. The Morgan fingerprint density at radius 1 is 1.11 bits per heavy atom. The van der Waals surface area contributed by atoms with Crippen LogP contribution in [0.4, 0.5) is 11.4 Å². The van der Waals surface area contributed by atoms with Crippen LogP contribution in [-0.2, 0) is 4.74 Å². The molecular weight excluding hydrogens is 384 g/mol. The summed E-state index contributed by atoms with van der Waals surface area (Å²) < 4.78 is 4.89. The molecule has 9 nitrogen and oxygen atoms in total. The van der Waals surface area contributed by atoms with E-state index in [-0.39, 0.29) is 22.3 Å². The molecule has 2 amide bonds. The quantitative estimate of drug-likeness (QED) is 0.280. The summed E-state index contributed by atoms with van der Waals surface area (Å²) in [4.78, 5) is 34.6. The van der Waals surface area contributed by atoms with E-state index in [4.69, 9.17) is 17.0 Å². The molecule has 0 heterocycles. The van der Waals surface area contributed by atoms with Gasteiger partial charge in [-0.3, -0.25) is 25.0 Å². The van der Waals surface area contributed by atoms with Crippen LogP contribution < -0.4 is 16.0 Å². The highest BCUT2D eigenvalue weighted by Gasteiger charge is 2.14. The second kappa shape index (κ2) is 10.1. The van der Waals surface area contributed by atoms with Gasteiger partial charge in [-0.05, 0) is 36.5 Å².